The maximum absolute atomic E-state index is 5.50. The first kappa shape index (κ1) is 18.7. The van der Waals surface area contributed by atoms with Gasteiger partial charge in [-0.15, -0.1) is 9.24 Å². The highest BCUT2D eigenvalue weighted by Gasteiger charge is 2.16. The predicted molar refractivity (Wildman–Crippen MR) is 121 cm³/mol. The number of rotatable bonds is 2. The zero-order chi connectivity index (χ0) is 19.8. The first-order valence-corrected chi connectivity index (χ1v) is 11.0. The van der Waals surface area contributed by atoms with E-state index in [2.05, 4.69) is 69.3 Å². The maximum Gasteiger partial charge on any atom is 0.0882 e. The van der Waals surface area contributed by atoms with E-state index in [1.165, 1.54) is 16.2 Å². The molecule has 2 heterocycles. The number of benzene rings is 2. The van der Waals surface area contributed by atoms with Crippen LogP contribution in [0.5, 0.6) is 0 Å². The molecule has 5 rings (SSSR count). The molecule has 0 N–H and O–H groups in total. The van der Waals surface area contributed by atoms with Crippen molar-refractivity contribution in [3.8, 4) is 17.1 Å². The molecule has 0 radical (unpaired) electrons. The van der Waals surface area contributed by atoms with Crippen molar-refractivity contribution in [1.82, 2.24) is 9.55 Å². The van der Waals surface area contributed by atoms with Gasteiger partial charge in [0.05, 0.1) is 33.5 Å². The molecule has 0 saturated carbocycles. The lowest BCUT2D eigenvalue weighted by atomic mass is 10.1. The SMILES string of the molecule is Cc1cc2nc3c(n(-c4ccc(P)cc4)c-2cc1=NC1CCOCC1)=CCCC=3. The van der Waals surface area contributed by atoms with Crippen molar-refractivity contribution in [1.29, 1.82) is 0 Å². The van der Waals surface area contributed by atoms with E-state index in [0.29, 0.717) is 6.04 Å². The summed E-state index contributed by atoms with van der Waals surface area (Å²) >= 11 is 0. The zero-order valence-corrected chi connectivity index (χ0v) is 17.9. The minimum absolute atomic E-state index is 0.343. The van der Waals surface area contributed by atoms with Crippen LogP contribution in [0.25, 0.3) is 29.2 Å². The standard InChI is InChI=1S/C24H26N3OP/c1-16-14-22-24(15-21(16)25-17-10-12-28-13-11-17)27(18-6-8-19(29)9-7-18)23-5-3-2-4-20(23)26-22/h4-9,14-15,17H,2-3,10-13,29H2,1H3. The highest BCUT2D eigenvalue weighted by molar-refractivity contribution is 7.27. The molecule has 0 aromatic heterocycles. The summed E-state index contributed by atoms with van der Waals surface area (Å²) in [5.41, 5.74) is 4.48. The Morgan fingerprint density at radius 3 is 2.62 bits per heavy atom. The molecule has 0 amide bonds. The molecule has 29 heavy (non-hydrogen) atoms. The molecular weight excluding hydrogens is 377 g/mol. The average Bonchev–Trinajstić information content (AvgIpc) is 2.74. The minimum Gasteiger partial charge on any atom is -0.381 e. The Hall–Kier alpha value is -2.29. The lowest BCUT2D eigenvalue weighted by molar-refractivity contribution is 0.0863. The summed E-state index contributed by atoms with van der Waals surface area (Å²) in [6.07, 6.45) is 8.66. The molecule has 1 unspecified atom stereocenters. The fourth-order valence-corrected chi connectivity index (χ4v) is 4.40. The molecule has 148 valence electrons. The Bertz CT molecular complexity index is 1200. The normalized spacial score (nSPS) is 17.7. The average molecular weight is 403 g/mol. The number of aryl methyl sites for hydroxylation is 1. The van der Waals surface area contributed by atoms with Gasteiger partial charge in [-0.2, -0.15) is 0 Å². The van der Waals surface area contributed by atoms with Crippen molar-refractivity contribution in [2.24, 2.45) is 4.99 Å². The quantitative estimate of drug-likeness (QED) is 0.616. The molecule has 1 fully saturated rings. The molecule has 0 spiro atoms. The van der Waals surface area contributed by atoms with E-state index in [-0.39, 0.29) is 0 Å². The lowest BCUT2D eigenvalue weighted by Gasteiger charge is -2.21. The number of hydrogen-bond acceptors (Lipinski definition) is 3. The van der Waals surface area contributed by atoms with Crippen LogP contribution in [0.3, 0.4) is 0 Å². The number of hydrogen-bond donors (Lipinski definition) is 0. The molecule has 4 nitrogen and oxygen atoms in total. The second-order valence-corrected chi connectivity index (χ2v) is 8.56. The lowest BCUT2D eigenvalue weighted by Crippen LogP contribution is -2.40. The van der Waals surface area contributed by atoms with Crippen molar-refractivity contribution in [2.75, 3.05) is 13.2 Å². The van der Waals surface area contributed by atoms with Crippen molar-refractivity contribution in [2.45, 2.75) is 38.6 Å². The molecule has 2 aliphatic heterocycles. The molecule has 2 aliphatic carbocycles. The monoisotopic (exact) mass is 403 g/mol. The van der Waals surface area contributed by atoms with Crippen molar-refractivity contribution in [3.63, 3.8) is 0 Å². The molecule has 4 aliphatic rings. The Kier molecular flexibility index (Phi) is 5.07. The van der Waals surface area contributed by atoms with Crippen LogP contribution >= 0.6 is 9.24 Å². The zero-order valence-electron chi connectivity index (χ0n) is 16.8. The summed E-state index contributed by atoms with van der Waals surface area (Å²) in [5.74, 6) is 0. The van der Waals surface area contributed by atoms with E-state index in [1.807, 2.05) is 0 Å². The minimum atomic E-state index is 0.343. The van der Waals surface area contributed by atoms with Crippen LogP contribution in [0.4, 0.5) is 0 Å². The number of ether oxygens (including phenoxy) is 1. The van der Waals surface area contributed by atoms with Crippen LogP contribution in [0.1, 0.15) is 31.2 Å². The molecular formula is C24H26N3OP. The summed E-state index contributed by atoms with van der Waals surface area (Å²) in [4.78, 5) is 10.1. The van der Waals surface area contributed by atoms with Gasteiger partial charge in [-0.1, -0.05) is 24.3 Å². The Morgan fingerprint density at radius 1 is 1.07 bits per heavy atom. The van der Waals surface area contributed by atoms with Gasteiger partial charge in [0.15, 0.2) is 0 Å². The topological polar surface area (TPSA) is 39.4 Å². The largest absolute Gasteiger partial charge is 0.381 e. The van der Waals surface area contributed by atoms with Crippen LogP contribution < -0.4 is 21.4 Å². The van der Waals surface area contributed by atoms with Crippen LogP contribution in [0.15, 0.2) is 41.4 Å². The van der Waals surface area contributed by atoms with E-state index < -0.39 is 0 Å². The number of aromatic nitrogens is 2. The highest BCUT2D eigenvalue weighted by atomic mass is 31.0. The van der Waals surface area contributed by atoms with Crippen molar-refractivity contribution >= 4 is 26.7 Å². The smallest absolute Gasteiger partial charge is 0.0882 e. The van der Waals surface area contributed by atoms with Crippen molar-refractivity contribution < 1.29 is 4.74 Å². The van der Waals surface area contributed by atoms with Gasteiger partial charge in [-0.3, -0.25) is 4.99 Å². The molecule has 1 aromatic rings. The van der Waals surface area contributed by atoms with Gasteiger partial charge in [-0.25, -0.2) is 4.98 Å². The summed E-state index contributed by atoms with van der Waals surface area (Å²) in [6, 6.07) is 13.4. The fraction of sp³-hybridized carbons (Fsp3) is 0.333. The number of fused-ring (bicyclic) bond motifs is 2. The van der Waals surface area contributed by atoms with Crippen LogP contribution in [0, 0.1) is 6.92 Å². The summed E-state index contributed by atoms with van der Waals surface area (Å²) < 4.78 is 7.85. The van der Waals surface area contributed by atoms with Gasteiger partial charge in [0.25, 0.3) is 0 Å². The molecule has 0 bridgehead atoms. The molecule has 5 heteroatoms. The molecule has 1 atom stereocenters. The van der Waals surface area contributed by atoms with E-state index in [0.717, 1.165) is 66.7 Å². The van der Waals surface area contributed by atoms with Crippen LogP contribution in [0.2, 0.25) is 0 Å². The third-order valence-electron chi connectivity index (χ3n) is 5.78. The van der Waals surface area contributed by atoms with E-state index in [9.17, 15) is 0 Å². The Balaban J connectivity index is 1.80. The van der Waals surface area contributed by atoms with Gasteiger partial charge in [0, 0.05) is 18.9 Å². The Labute approximate surface area is 173 Å². The number of nitrogens with zero attached hydrogens (tertiary/aromatic N) is 3. The Morgan fingerprint density at radius 2 is 1.83 bits per heavy atom. The van der Waals surface area contributed by atoms with E-state index in [1.54, 1.807) is 0 Å². The van der Waals surface area contributed by atoms with Crippen molar-refractivity contribution in [3.05, 3.63) is 58.0 Å². The summed E-state index contributed by atoms with van der Waals surface area (Å²) in [5, 5.41) is 4.51. The van der Waals surface area contributed by atoms with E-state index in [4.69, 9.17) is 14.7 Å². The summed E-state index contributed by atoms with van der Waals surface area (Å²) in [7, 11) is 2.76. The highest BCUT2D eigenvalue weighted by Crippen LogP contribution is 2.20. The third-order valence-corrected chi connectivity index (χ3v) is 6.17. The molecule has 1 aromatic carbocycles. The van der Waals surface area contributed by atoms with Gasteiger partial charge >= 0.3 is 0 Å². The predicted octanol–water partition coefficient (Wildman–Crippen LogP) is 2.22. The van der Waals surface area contributed by atoms with E-state index >= 15 is 0 Å². The van der Waals surface area contributed by atoms with Gasteiger partial charge in [-0.05, 0) is 67.7 Å². The van der Waals surface area contributed by atoms with Gasteiger partial charge in [0.2, 0.25) is 0 Å². The first-order valence-electron chi connectivity index (χ1n) is 10.4. The fourth-order valence-electron chi connectivity index (χ4n) is 4.21. The molecule has 1 saturated heterocycles. The van der Waals surface area contributed by atoms with Gasteiger partial charge in [0.1, 0.15) is 0 Å². The second kappa shape index (κ2) is 7.85. The van der Waals surface area contributed by atoms with Gasteiger partial charge < -0.3 is 9.30 Å². The maximum atomic E-state index is 5.50. The van der Waals surface area contributed by atoms with Crippen LogP contribution in [-0.2, 0) is 4.74 Å². The third kappa shape index (κ3) is 3.68. The summed E-state index contributed by atoms with van der Waals surface area (Å²) in [6.45, 7) is 3.76. The van der Waals surface area contributed by atoms with Crippen LogP contribution in [-0.4, -0.2) is 28.8 Å². The first-order chi connectivity index (χ1) is 14.2. The second-order valence-electron chi connectivity index (χ2n) is 7.89.